The molecule has 2 N–H and O–H groups in total. The number of aromatic nitrogens is 2. The quantitative estimate of drug-likeness (QED) is 0.0523. The van der Waals surface area contributed by atoms with Gasteiger partial charge < -0.3 is 81.3 Å². The second-order valence-electron chi connectivity index (χ2n) is 28.7. The Bertz CT molecular complexity index is 4710. The van der Waals surface area contributed by atoms with Gasteiger partial charge in [0.05, 0.1) is 118 Å². The van der Waals surface area contributed by atoms with Crippen LogP contribution in [0.2, 0.25) is 0 Å². The van der Waals surface area contributed by atoms with E-state index in [0.717, 1.165) is 80.9 Å². The van der Waals surface area contributed by atoms with Gasteiger partial charge in [0.2, 0.25) is 0 Å². The van der Waals surface area contributed by atoms with E-state index in [2.05, 4.69) is 173 Å². The predicted octanol–water partition coefficient (Wildman–Crippen LogP) is 19.8. The molecule has 2 bridgehead atoms. The summed E-state index contributed by atoms with van der Waals surface area (Å²) < 4.78 is 224. The van der Waals surface area contributed by atoms with Crippen molar-refractivity contribution in [3.63, 3.8) is 0 Å². The fourth-order valence-corrected chi connectivity index (χ4v) is 15.1. The summed E-state index contributed by atoms with van der Waals surface area (Å²) in [7, 11) is -21.3. The number of hydrogen-bond donors (Lipinski definition) is 0. The fourth-order valence-electron chi connectivity index (χ4n) is 15.1. The van der Waals surface area contributed by atoms with Gasteiger partial charge in [0, 0.05) is 69.8 Å². The molecule has 35 heteroatoms. The molecule has 21 nitrogen and oxygen atoms in total. The van der Waals surface area contributed by atoms with Crippen LogP contribution in [-0.4, -0.2) is 164 Å². The van der Waals surface area contributed by atoms with Crippen LogP contribution in [0.15, 0.2) is 122 Å². The van der Waals surface area contributed by atoms with Crippen LogP contribution >= 0.6 is 15.6 Å². The molecule has 3 aliphatic carbocycles. The number of nitriles is 2. The minimum atomic E-state index is -10.7. The first kappa shape index (κ1) is 95.5. The molecule has 2 aromatic heterocycles. The van der Waals surface area contributed by atoms with Gasteiger partial charge in [-0.25, -0.2) is 9.13 Å². The Labute approximate surface area is 693 Å². The van der Waals surface area contributed by atoms with Crippen LogP contribution in [0.4, 0.5) is 50.4 Å². The predicted molar refractivity (Wildman–Crippen MR) is 436 cm³/mol. The number of fused-ring (bicyclic) bond motifs is 6. The second-order valence-corrected chi connectivity index (χ2v) is 32.5. The van der Waals surface area contributed by atoms with E-state index in [1.165, 1.54) is 57.3 Å². The van der Waals surface area contributed by atoms with Gasteiger partial charge in [-0.3, -0.25) is 0 Å². The molecule has 662 valence electrons. The number of hydrogen-bond acceptors (Lipinski definition) is 18. The van der Waals surface area contributed by atoms with E-state index in [4.69, 9.17) is 86.3 Å². The molecule has 0 atom stereocenters. The fraction of sp³-hybridized carbons (Fsp3) is 0.442. The molecule has 10 aromatic rings. The number of aryl methyl sites for hydroxylation is 4. The van der Waals surface area contributed by atoms with Crippen molar-refractivity contribution in [2.75, 3.05) is 159 Å². The maximum absolute atomic E-state index is 10.7. The molecule has 0 saturated carbocycles. The van der Waals surface area contributed by atoms with Gasteiger partial charge in [-0.2, -0.15) is 10.5 Å². The Morgan fingerprint density at radius 2 is 0.488 bits per heavy atom. The van der Waals surface area contributed by atoms with Crippen molar-refractivity contribution in [3.05, 3.63) is 166 Å². The van der Waals surface area contributed by atoms with Crippen LogP contribution in [0.25, 0.3) is 53.9 Å². The van der Waals surface area contributed by atoms with E-state index in [-0.39, 0.29) is 5.48 Å². The van der Waals surface area contributed by atoms with E-state index >= 15 is 0 Å². The average Bonchev–Trinajstić information content (AvgIpc) is 0.661. The smallest absolute Gasteiger partial charge is 0.412 e. The molecular weight excluding hydrogens is 1650 g/mol. The zero-order valence-corrected chi connectivity index (χ0v) is 70.4. The SMILES string of the molecule is CC#N.CC#N.CCC[n+]1cc2ccc3c[n+](CCC)cc4ccc(c1)c2c34.Cc1c2cc3c4cc2c(C)c2cc5c(cc12)OCCOCCOCCOc1cc2c(cc1OCCOCCOCCO5)C1(C)c5ccccc5C2(C)c2cc(c(cc21)OCCOCCOCCO4)OCCOCCOCCO3.F[P-](F)(F)(F)(F)F.F[P-](F)(F)(F)(F)F.O. The van der Waals surface area contributed by atoms with Crippen molar-refractivity contribution in [1.29, 1.82) is 10.5 Å². The minimum absolute atomic E-state index is 0. The first-order valence-corrected chi connectivity index (χ1v) is 43.3. The van der Waals surface area contributed by atoms with Gasteiger partial charge in [0.15, 0.2) is 70.8 Å². The monoisotopic (exact) mass is 1750 g/mol. The Kier molecular flexibility index (Phi) is 31.5. The summed E-state index contributed by atoms with van der Waals surface area (Å²) in [5.41, 5.74) is 7.76. The van der Waals surface area contributed by atoms with Crippen LogP contribution in [0.3, 0.4) is 0 Å². The minimum Gasteiger partial charge on any atom is -0.412 e. The third-order valence-electron chi connectivity index (χ3n) is 20.0. The van der Waals surface area contributed by atoms with E-state index in [1.807, 2.05) is 0 Å². The van der Waals surface area contributed by atoms with Crippen LogP contribution < -0.4 is 47.0 Å². The number of pyridine rings is 2. The number of rotatable bonds is 4. The van der Waals surface area contributed by atoms with Gasteiger partial charge in [0.25, 0.3) is 0 Å². The van der Waals surface area contributed by atoms with Crippen molar-refractivity contribution in [1.82, 2.24) is 0 Å². The number of halogens is 12. The molecule has 0 radical (unpaired) electrons. The maximum Gasteiger partial charge on any atom is -0.412 e. The molecule has 5 aliphatic rings. The average molecular weight is 1750 g/mol. The zero-order chi connectivity index (χ0) is 86.7. The molecule has 0 fully saturated rings. The Morgan fingerprint density at radius 1 is 0.314 bits per heavy atom. The van der Waals surface area contributed by atoms with E-state index in [1.54, 1.807) is 12.1 Å². The van der Waals surface area contributed by atoms with Crippen LogP contribution in [-0.2, 0) is 61.8 Å². The van der Waals surface area contributed by atoms with Gasteiger partial charge in [-0.15, -0.1) is 0 Å². The van der Waals surface area contributed by atoms with E-state index in [0.29, 0.717) is 205 Å². The molecule has 8 aromatic carbocycles. The first-order chi connectivity index (χ1) is 56.9. The molecule has 15 rings (SSSR count). The van der Waals surface area contributed by atoms with Gasteiger partial charge in [-0.1, -0.05) is 38.1 Å². The van der Waals surface area contributed by atoms with Crippen molar-refractivity contribution < 1.29 is 141 Å². The summed E-state index contributed by atoms with van der Waals surface area (Å²) in [5, 5.41) is 26.9. The number of ether oxygens (including phenoxy) is 16. The topological polar surface area (TPSA) is 235 Å². The van der Waals surface area contributed by atoms with Gasteiger partial charge in [0.1, 0.15) is 65.9 Å². The van der Waals surface area contributed by atoms with E-state index < -0.39 is 26.4 Å². The summed E-state index contributed by atoms with van der Waals surface area (Å²) in [6, 6.07) is 38.1. The van der Waals surface area contributed by atoms with E-state index in [9.17, 15) is 50.4 Å². The second kappa shape index (κ2) is 39.9. The molecular formula is C86H102F12N4O17P2. The number of nitrogens with zero attached hydrogens (tertiary/aromatic N) is 4. The van der Waals surface area contributed by atoms with Crippen molar-refractivity contribution in [2.24, 2.45) is 0 Å². The van der Waals surface area contributed by atoms with Crippen molar-refractivity contribution in [3.8, 4) is 58.1 Å². The first-order valence-electron chi connectivity index (χ1n) is 39.3. The largest absolute Gasteiger partial charge is 0.412 e. The Balaban J connectivity index is 0.000000315. The maximum atomic E-state index is 9.87. The van der Waals surface area contributed by atoms with Gasteiger partial charge in [-0.05, 0) is 167 Å². The molecule has 0 unspecified atom stereocenters. The van der Waals surface area contributed by atoms with Crippen LogP contribution in [0.1, 0.15) is 98.9 Å². The Hall–Kier alpha value is -9.34. The summed E-state index contributed by atoms with van der Waals surface area (Å²) in [5.74, 6) is 4.90. The molecule has 121 heavy (non-hydrogen) atoms. The number of benzene rings is 8. The molecule has 4 heterocycles. The molecule has 0 saturated heterocycles. The summed E-state index contributed by atoms with van der Waals surface area (Å²) in [6.45, 7) is 26.4. The van der Waals surface area contributed by atoms with Gasteiger partial charge >= 0.3 is 66.0 Å². The third-order valence-corrected chi connectivity index (χ3v) is 20.0. The standard InChI is InChI=1S/C62H72O16.C20H22N2.2C2H3N.2F6P.H2O/c1-41-43-33-53-55-35-45(43)42(2)46-36-56-54(34-44(41)46)72-26-18-64-10-14-68-22-30-76-58-38-50-52(40-60(58)78-32-24-70-16-12-66-20-28-74-56)62(4)48-8-6-5-7-47(48)61(50,3)49-37-57(75-29-21-67-13-9-63-17-25-71-53)59(39-51(49)62)77-31-23-69-15-11-65-19-27-73-55;1-3-9-21-11-15-5-7-17-13-22(10-4-2)14-18-8-6-16(12-21)19(15)20(17)18;2*1-2-3;2*1-7(2,3,4,5)6;/h5-8,33-40H,9-32H2,1-4H3;5-8,11-14H,3-4,9-10H2,1-2H3;2*1H3;;;1H2/q;+2;;;2*-1;. The Morgan fingerprint density at radius 3 is 0.669 bits per heavy atom. The van der Waals surface area contributed by atoms with Crippen molar-refractivity contribution in [2.45, 2.75) is 92.2 Å². The summed E-state index contributed by atoms with van der Waals surface area (Å²) in [6.07, 6.45) is 11.5. The van der Waals surface area contributed by atoms with Crippen LogP contribution in [0.5, 0.6) is 46.0 Å². The molecule has 2 aliphatic heterocycles. The van der Waals surface area contributed by atoms with Crippen LogP contribution in [0, 0.1) is 36.5 Å². The zero-order valence-electron chi connectivity index (χ0n) is 68.6. The summed E-state index contributed by atoms with van der Waals surface area (Å²) >= 11 is 0. The summed E-state index contributed by atoms with van der Waals surface area (Å²) in [4.78, 5) is 0. The third kappa shape index (κ3) is 26.6. The normalized spacial score (nSPS) is 19.4. The van der Waals surface area contributed by atoms with Crippen molar-refractivity contribution >= 4 is 69.5 Å². The molecule has 0 amide bonds. The molecule has 0 spiro atoms.